The Morgan fingerprint density at radius 1 is 1.43 bits per heavy atom. The molecule has 0 bridgehead atoms. The number of piperidine rings is 1. The minimum Gasteiger partial charge on any atom is -0.481 e. The largest absolute Gasteiger partial charge is 0.481 e. The van der Waals surface area contributed by atoms with E-state index < -0.39 is 11.9 Å². The van der Waals surface area contributed by atoms with Crippen LogP contribution in [0.3, 0.4) is 0 Å². The Bertz CT molecular complexity index is 550. The molecule has 114 valence electrons. The molecule has 1 saturated heterocycles. The van der Waals surface area contributed by atoms with Crippen LogP contribution < -0.4 is 0 Å². The number of carbonyl (C=O) groups is 2. The lowest BCUT2D eigenvalue weighted by atomic mass is 9.86. The highest BCUT2D eigenvalue weighted by atomic mass is 16.4. The third-order valence-electron chi connectivity index (χ3n) is 4.41. The van der Waals surface area contributed by atoms with Gasteiger partial charge in [0.2, 0.25) is 5.91 Å². The number of carbonyl (C=O) groups excluding carboxylic acids is 1. The number of amides is 1. The number of hydrogen-bond donors (Lipinski definition) is 1. The molecule has 1 aromatic rings. The van der Waals surface area contributed by atoms with E-state index in [1.54, 1.807) is 12.5 Å². The summed E-state index contributed by atoms with van der Waals surface area (Å²) < 4.78 is 1.99. The zero-order chi connectivity index (χ0) is 15.0. The summed E-state index contributed by atoms with van der Waals surface area (Å²) in [6.07, 6.45) is 7.13. The van der Waals surface area contributed by atoms with Gasteiger partial charge in [0.25, 0.3) is 0 Å². The number of likely N-dealkylation sites (tertiary alicyclic amines) is 1. The molecule has 6 heteroatoms. The lowest BCUT2D eigenvalue weighted by Crippen LogP contribution is -2.47. The number of aryl methyl sites for hydroxylation is 1. The van der Waals surface area contributed by atoms with Crippen molar-refractivity contribution in [3.8, 4) is 0 Å². The fourth-order valence-electron chi connectivity index (χ4n) is 3.31. The summed E-state index contributed by atoms with van der Waals surface area (Å²) in [6, 6.07) is -0.153. The van der Waals surface area contributed by atoms with Gasteiger partial charge in [0.05, 0.1) is 30.2 Å². The van der Waals surface area contributed by atoms with Crippen LogP contribution in [0.25, 0.3) is 0 Å². The van der Waals surface area contributed by atoms with Crippen LogP contribution in [-0.2, 0) is 16.1 Å². The van der Waals surface area contributed by atoms with E-state index in [9.17, 15) is 14.7 Å². The van der Waals surface area contributed by atoms with E-state index in [1.165, 1.54) is 0 Å². The lowest BCUT2D eigenvalue weighted by Gasteiger charge is -2.40. The van der Waals surface area contributed by atoms with Crippen molar-refractivity contribution >= 4 is 11.9 Å². The molecule has 6 nitrogen and oxygen atoms in total. The van der Waals surface area contributed by atoms with Gasteiger partial charge in [-0.25, -0.2) is 4.98 Å². The standard InChI is InChI=1S/C15H21N3O3/c1-2-7-17-9-16-8-12(17)14-11(15(20)21)5-6-13(19)18(14)10-3-4-10/h8-11,14H,2-7H2,1H3,(H,20,21). The highest BCUT2D eigenvalue weighted by Gasteiger charge is 2.47. The van der Waals surface area contributed by atoms with Gasteiger partial charge in [0.1, 0.15) is 0 Å². The van der Waals surface area contributed by atoms with Gasteiger partial charge in [-0.1, -0.05) is 6.92 Å². The topological polar surface area (TPSA) is 75.4 Å². The summed E-state index contributed by atoms with van der Waals surface area (Å²) in [5.74, 6) is -1.26. The van der Waals surface area contributed by atoms with Crippen molar-refractivity contribution < 1.29 is 14.7 Å². The predicted octanol–water partition coefficient (Wildman–Crippen LogP) is 1.82. The van der Waals surface area contributed by atoms with Crippen LogP contribution in [0, 0.1) is 5.92 Å². The second-order valence-corrected chi connectivity index (χ2v) is 5.97. The first-order valence-corrected chi connectivity index (χ1v) is 7.67. The van der Waals surface area contributed by atoms with E-state index in [-0.39, 0.29) is 18.0 Å². The molecule has 0 aromatic carbocycles. The summed E-state index contributed by atoms with van der Waals surface area (Å²) in [6.45, 7) is 2.87. The first-order valence-electron chi connectivity index (χ1n) is 7.67. The van der Waals surface area contributed by atoms with Crippen molar-refractivity contribution in [3.05, 3.63) is 18.2 Å². The number of aromatic nitrogens is 2. The second kappa shape index (κ2) is 5.50. The molecule has 2 aliphatic rings. The SMILES string of the molecule is CCCn1cncc1C1C(C(=O)O)CCC(=O)N1C1CC1. The maximum Gasteiger partial charge on any atom is 0.309 e. The molecule has 1 aromatic heterocycles. The fraction of sp³-hybridized carbons (Fsp3) is 0.667. The average Bonchev–Trinajstić information content (AvgIpc) is 3.18. The predicted molar refractivity (Wildman–Crippen MR) is 75.5 cm³/mol. The molecule has 1 amide bonds. The van der Waals surface area contributed by atoms with Crippen molar-refractivity contribution in [1.29, 1.82) is 0 Å². The molecule has 1 aliphatic heterocycles. The molecule has 1 N–H and O–H groups in total. The molecule has 0 radical (unpaired) electrons. The number of carboxylic acid groups (broad SMARTS) is 1. The number of nitrogens with zero attached hydrogens (tertiary/aromatic N) is 3. The number of rotatable bonds is 5. The monoisotopic (exact) mass is 291 g/mol. The fourth-order valence-corrected chi connectivity index (χ4v) is 3.31. The molecule has 2 fully saturated rings. The van der Waals surface area contributed by atoms with Crippen LogP contribution in [0.2, 0.25) is 0 Å². The normalized spacial score (nSPS) is 26.1. The zero-order valence-corrected chi connectivity index (χ0v) is 12.2. The van der Waals surface area contributed by atoms with Gasteiger partial charge in [0.15, 0.2) is 0 Å². The highest BCUT2D eigenvalue weighted by Crippen LogP contribution is 2.43. The number of carboxylic acids is 1. The summed E-state index contributed by atoms with van der Waals surface area (Å²) in [5.41, 5.74) is 0.865. The van der Waals surface area contributed by atoms with Crippen LogP contribution in [0.4, 0.5) is 0 Å². The Kier molecular flexibility index (Phi) is 3.69. The van der Waals surface area contributed by atoms with E-state index in [0.29, 0.717) is 12.8 Å². The third kappa shape index (κ3) is 2.54. The van der Waals surface area contributed by atoms with Gasteiger partial charge in [-0.05, 0) is 25.7 Å². The Morgan fingerprint density at radius 3 is 2.81 bits per heavy atom. The quantitative estimate of drug-likeness (QED) is 0.898. The molecule has 21 heavy (non-hydrogen) atoms. The average molecular weight is 291 g/mol. The molecule has 2 unspecified atom stereocenters. The van der Waals surface area contributed by atoms with Gasteiger partial charge in [-0.15, -0.1) is 0 Å². The molecular weight excluding hydrogens is 270 g/mol. The maximum absolute atomic E-state index is 12.3. The van der Waals surface area contributed by atoms with Crippen LogP contribution in [0.15, 0.2) is 12.5 Å². The first-order chi connectivity index (χ1) is 10.1. The van der Waals surface area contributed by atoms with Gasteiger partial charge in [0, 0.05) is 19.0 Å². The summed E-state index contributed by atoms with van der Waals surface area (Å²) >= 11 is 0. The Hall–Kier alpha value is -1.85. The van der Waals surface area contributed by atoms with Gasteiger partial charge < -0.3 is 14.6 Å². The molecule has 2 atom stereocenters. The first kappa shape index (κ1) is 14.1. The van der Waals surface area contributed by atoms with E-state index in [4.69, 9.17) is 0 Å². The van der Waals surface area contributed by atoms with Crippen molar-refractivity contribution in [3.63, 3.8) is 0 Å². The molecule has 2 heterocycles. The van der Waals surface area contributed by atoms with E-state index >= 15 is 0 Å². The minimum absolute atomic E-state index is 0.0873. The Labute approximate surface area is 123 Å². The van der Waals surface area contributed by atoms with Crippen LogP contribution in [0.1, 0.15) is 50.8 Å². The van der Waals surface area contributed by atoms with Gasteiger partial charge in [-0.3, -0.25) is 9.59 Å². The lowest BCUT2D eigenvalue weighted by molar-refractivity contribution is -0.152. The zero-order valence-electron chi connectivity index (χ0n) is 12.2. The van der Waals surface area contributed by atoms with E-state index in [2.05, 4.69) is 11.9 Å². The van der Waals surface area contributed by atoms with E-state index in [0.717, 1.165) is 31.5 Å². The van der Waals surface area contributed by atoms with Gasteiger partial charge in [-0.2, -0.15) is 0 Å². The Morgan fingerprint density at radius 2 is 2.19 bits per heavy atom. The number of aliphatic carboxylic acids is 1. The summed E-state index contributed by atoms with van der Waals surface area (Å²) in [5, 5.41) is 9.57. The molecule has 1 saturated carbocycles. The van der Waals surface area contributed by atoms with Crippen molar-refractivity contribution in [2.24, 2.45) is 5.92 Å². The van der Waals surface area contributed by atoms with Crippen molar-refractivity contribution in [2.75, 3.05) is 0 Å². The molecule has 3 rings (SSSR count). The summed E-state index contributed by atoms with van der Waals surface area (Å²) in [4.78, 5) is 30.0. The molecule has 1 aliphatic carbocycles. The molecule has 0 spiro atoms. The van der Waals surface area contributed by atoms with E-state index in [1.807, 2.05) is 9.47 Å². The van der Waals surface area contributed by atoms with Crippen LogP contribution >= 0.6 is 0 Å². The van der Waals surface area contributed by atoms with Crippen molar-refractivity contribution in [2.45, 2.75) is 57.7 Å². The number of imidazole rings is 1. The Balaban J connectivity index is 2.00. The second-order valence-electron chi connectivity index (χ2n) is 5.97. The molecular formula is C15H21N3O3. The minimum atomic E-state index is -0.817. The maximum atomic E-state index is 12.3. The third-order valence-corrected chi connectivity index (χ3v) is 4.41. The van der Waals surface area contributed by atoms with Crippen molar-refractivity contribution in [1.82, 2.24) is 14.5 Å². The highest BCUT2D eigenvalue weighted by molar-refractivity contribution is 5.82. The van der Waals surface area contributed by atoms with Crippen LogP contribution in [-0.4, -0.2) is 37.5 Å². The smallest absolute Gasteiger partial charge is 0.309 e. The van der Waals surface area contributed by atoms with Gasteiger partial charge >= 0.3 is 5.97 Å². The summed E-state index contributed by atoms with van der Waals surface area (Å²) in [7, 11) is 0. The number of hydrogen-bond acceptors (Lipinski definition) is 3. The van der Waals surface area contributed by atoms with Crippen LogP contribution in [0.5, 0.6) is 0 Å².